The van der Waals surface area contributed by atoms with Crippen molar-refractivity contribution in [2.24, 2.45) is 0 Å². The molecule has 2 heterocycles. The molecule has 152 valence electrons. The van der Waals surface area contributed by atoms with Crippen molar-refractivity contribution in [2.45, 2.75) is 38.3 Å². The van der Waals surface area contributed by atoms with Crippen LogP contribution in [0.3, 0.4) is 0 Å². The molecular formula is C18H23BrN4O4S. The fraction of sp³-hybridized carbons (Fsp3) is 0.500. The number of piperidine rings is 1. The molecule has 1 N–H and O–H groups in total. The Morgan fingerprint density at radius 3 is 2.89 bits per heavy atom. The van der Waals surface area contributed by atoms with Crippen LogP contribution in [0.25, 0.3) is 10.9 Å². The van der Waals surface area contributed by atoms with E-state index >= 15 is 0 Å². The number of aromatic nitrogens is 2. The SMILES string of the molecule is CS(=O)(=O)NCC1CCCCN1C(=O)CCn1cnc2ccc(Br)cc2c1=O. The van der Waals surface area contributed by atoms with Crippen molar-refractivity contribution in [3.63, 3.8) is 0 Å². The van der Waals surface area contributed by atoms with Crippen LogP contribution in [-0.4, -0.2) is 54.2 Å². The number of fused-ring (bicyclic) bond motifs is 1. The Balaban J connectivity index is 1.69. The molecule has 10 heteroatoms. The zero-order chi connectivity index (χ0) is 20.3. The molecule has 2 aromatic rings. The quantitative estimate of drug-likeness (QED) is 0.688. The lowest BCUT2D eigenvalue weighted by atomic mass is 10.0. The van der Waals surface area contributed by atoms with E-state index in [4.69, 9.17) is 0 Å². The number of nitrogens with one attached hydrogen (secondary N) is 1. The number of halogens is 1. The van der Waals surface area contributed by atoms with Crippen molar-refractivity contribution in [3.8, 4) is 0 Å². The lowest BCUT2D eigenvalue weighted by Gasteiger charge is -2.36. The van der Waals surface area contributed by atoms with Crippen molar-refractivity contribution < 1.29 is 13.2 Å². The number of hydrogen-bond donors (Lipinski definition) is 1. The van der Waals surface area contributed by atoms with Gasteiger partial charge in [-0.2, -0.15) is 0 Å². The average Bonchev–Trinajstić information content (AvgIpc) is 2.66. The molecule has 0 saturated carbocycles. The minimum Gasteiger partial charge on any atom is -0.338 e. The fourth-order valence-electron chi connectivity index (χ4n) is 3.44. The van der Waals surface area contributed by atoms with Crippen LogP contribution in [0.4, 0.5) is 0 Å². The number of likely N-dealkylation sites (tertiary alicyclic amines) is 1. The molecule has 1 atom stereocenters. The standard InChI is InChI=1S/C18H23BrN4O4S/c1-28(26,27)21-11-14-4-2-3-8-23(14)17(24)7-9-22-12-20-16-6-5-13(19)10-15(16)18(22)25/h5-6,10,12,14,21H,2-4,7-9,11H2,1H3. The van der Waals surface area contributed by atoms with E-state index in [1.54, 1.807) is 17.0 Å². The molecule has 1 aliphatic heterocycles. The molecule has 28 heavy (non-hydrogen) atoms. The number of hydrogen-bond acceptors (Lipinski definition) is 5. The summed E-state index contributed by atoms with van der Waals surface area (Å²) in [5.41, 5.74) is 0.423. The Morgan fingerprint density at radius 2 is 2.14 bits per heavy atom. The third kappa shape index (κ3) is 5.18. The molecule has 0 radical (unpaired) electrons. The van der Waals surface area contributed by atoms with Crippen molar-refractivity contribution in [1.82, 2.24) is 19.2 Å². The summed E-state index contributed by atoms with van der Waals surface area (Å²) in [7, 11) is -3.30. The predicted octanol–water partition coefficient (Wildman–Crippen LogP) is 1.48. The van der Waals surface area contributed by atoms with E-state index in [1.807, 2.05) is 6.07 Å². The highest BCUT2D eigenvalue weighted by molar-refractivity contribution is 9.10. The summed E-state index contributed by atoms with van der Waals surface area (Å²) in [5.74, 6) is -0.0822. The van der Waals surface area contributed by atoms with E-state index in [0.717, 1.165) is 30.0 Å². The molecule has 1 amide bonds. The second-order valence-electron chi connectivity index (χ2n) is 7.01. The van der Waals surface area contributed by atoms with Crippen LogP contribution < -0.4 is 10.3 Å². The van der Waals surface area contributed by atoms with E-state index < -0.39 is 10.0 Å². The van der Waals surface area contributed by atoms with Crippen molar-refractivity contribution in [2.75, 3.05) is 19.3 Å². The second kappa shape index (κ2) is 8.71. The van der Waals surface area contributed by atoms with Crippen LogP contribution in [0, 0.1) is 0 Å². The lowest BCUT2D eigenvalue weighted by molar-refractivity contribution is -0.134. The third-order valence-electron chi connectivity index (χ3n) is 4.88. The van der Waals surface area contributed by atoms with Gasteiger partial charge in [0.2, 0.25) is 15.9 Å². The highest BCUT2D eigenvalue weighted by Gasteiger charge is 2.27. The first-order valence-corrected chi connectivity index (χ1v) is 11.8. The van der Waals surface area contributed by atoms with Gasteiger partial charge in [-0.3, -0.25) is 14.2 Å². The lowest BCUT2D eigenvalue weighted by Crippen LogP contribution is -2.49. The summed E-state index contributed by atoms with van der Waals surface area (Å²) < 4.78 is 27.5. The van der Waals surface area contributed by atoms with Crippen LogP contribution in [0.15, 0.2) is 33.8 Å². The maximum absolute atomic E-state index is 12.7. The third-order valence-corrected chi connectivity index (χ3v) is 6.07. The van der Waals surface area contributed by atoms with Gasteiger partial charge in [0.05, 0.1) is 23.5 Å². The van der Waals surface area contributed by atoms with Gasteiger partial charge in [-0.25, -0.2) is 18.1 Å². The minimum absolute atomic E-state index is 0.0822. The number of nitrogens with zero attached hydrogens (tertiary/aromatic N) is 3. The molecule has 1 aliphatic rings. The molecule has 1 unspecified atom stereocenters. The summed E-state index contributed by atoms with van der Waals surface area (Å²) in [4.78, 5) is 31.4. The van der Waals surface area contributed by atoms with E-state index in [0.29, 0.717) is 17.4 Å². The van der Waals surface area contributed by atoms with E-state index in [-0.39, 0.29) is 37.0 Å². The van der Waals surface area contributed by atoms with Crippen LogP contribution in [0.5, 0.6) is 0 Å². The van der Waals surface area contributed by atoms with E-state index in [9.17, 15) is 18.0 Å². The topological polar surface area (TPSA) is 101 Å². The van der Waals surface area contributed by atoms with Crippen molar-refractivity contribution >= 4 is 42.8 Å². The molecule has 8 nitrogen and oxygen atoms in total. The zero-order valence-corrected chi connectivity index (χ0v) is 18.0. The van der Waals surface area contributed by atoms with Gasteiger partial charge in [-0.1, -0.05) is 15.9 Å². The van der Waals surface area contributed by atoms with Crippen LogP contribution >= 0.6 is 15.9 Å². The summed E-state index contributed by atoms with van der Waals surface area (Å²) in [6.45, 7) is 1.05. The molecule has 0 spiro atoms. The van der Waals surface area contributed by atoms with Gasteiger partial charge in [0.25, 0.3) is 5.56 Å². The van der Waals surface area contributed by atoms with Crippen LogP contribution in [-0.2, 0) is 21.4 Å². The van der Waals surface area contributed by atoms with Gasteiger partial charge >= 0.3 is 0 Å². The number of carbonyl (C=O) groups is 1. The van der Waals surface area contributed by atoms with Gasteiger partial charge in [-0.05, 0) is 37.5 Å². The van der Waals surface area contributed by atoms with Crippen molar-refractivity contribution in [3.05, 3.63) is 39.4 Å². The zero-order valence-electron chi connectivity index (χ0n) is 15.6. The Kier molecular flexibility index (Phi) is 6.51. The predicted molar refractivity (Wildman–Crippen MR) is 111 cm³/mol. The first kappa shape index (κ1) is 20.9. The maximum atomic E-state index is 12.7. The van der Waals surface area contributed by atoms with Crippen LogP contribution in [0.2, 0.25) is 0 Å². The number of benzene rings is 1. The van der Waals surface area contributed by atoms with Gasteiger partial charge in [-0.15, -0.1) is 0 Å². The maximum Gasteiger partial charge on any atom is 0.261 e. The average molecular weight is 471 g/mol. The molecule has 0 bridgehead atoms. The Morgan fingerprint density at radius 1 is 1.36 bits per heavy atom. The minimum atomic E-state index is -3.30. The normalized spacial score (nSPS) is 17.8. The molecule has 1 aromatic heterocycles. The summed E-state index contributed by atoms with van der Waals surface area (Å²) in [6.07, 6.45) is 5.36. The molecule has 3 rings (SSSR count). The first-order valence-electron chi connectivity index (χ1n) is 9.13. The Bertz CT molecular complexity index is 1040. The number of carbonyl (C=O) groups excluding carboxylic acids is 1. The number of aryl methyl sites for hydroxylation is 1. The molecule has 1 saturated heterocycles. The highest BCUT2D eigenvalue weighted by Crippen LogP contribution is 2.18. The summed E-state index contributed by atoms with van der Waals surface area (Å²) >= 11 is 3.36. The van der Waals surface area contributed by atoms with E-state index in [1.165, 1.54) is 10.9 Å². The van der Waals surface area contributed by atoms with Crippen molar-refractivity contribution in [1.29, 1.82) is 0 Å². The largest absolute Gasteiger partial charge is 0.338 e. The molecule has 1 aromatic carbocycles. The fourth-order valence-corrected chi connectivity index (χ4v) is 4.30. The van der Waals surface area contributed by atoms with Gasteiger partial charge in [0.15, 0.2) is 0 Å². The highest BCUT2D eigenvalue weighted by atomic mass is 79.9. The second-order valence-corrected chi connectivity index (χ2v) is 9.76. The summed E-state index contributed by atoms with van der Waals surface area (Å²) in [5, 5.41) is 0.498. The van der Waals surface area contributed by atoms with Gasteiger partial charge in [0, 0.05) is 36.6 Å². The monoisotopic (exact) mass is 470 g/mol. The summed E-state index contributed by atoms with van der Waals surface area (Å²) in [6, 6.07) is 5.16. The number of sulfonamides is 1. The Hall–Kier alpha value is -1.78. The smallest absolute Gasteiger partial charge is 0.261 e. The molecule has 1 fully saturated rings. The van der Waals surface area contributed by atoms with Crippen LogP contribution in [0.1, 0.15) is 25.7 Å². The molecular weight excluding hydrogens is 448 g/mol. The molecule has 0 aliphatic carbocycles. The van der Waals surface area contributed by atoms with Gasteiger partial charge in [0.1, 0.15) is 0 Å². The first-order chi connectivity index (χ1) is 13.2. The van der Waals surface area contributed by atoms with Gasteiger partial charge < -0.3 is 4.90 Å². The number of amides is 1. The Labute approximate surface area is 172 Å². The van der Waals surface area contributed by atoms with E-state index in [2.05, 4.69) is 25.6 Å². The number of rotatable bonds is 6.